The molecule has 7 nitrogen and oxygen atoms in total. The Morgan fingerprint density at radius 1 is 1.17 bits per heavy atom. The van der Waals surface area contributed by atoms with E-state index in [1.54, 1.807) is 24.0 Å². The van der Waals surface area contributed by atoms with Gasteiger partial charge in [-0.2, -0.15) is 9.40 Å². The standard InChI is InChI=1S/C21H21ClN4O3S/c1-25-13-17(20(24-25)16-7-3-4-8-18(16)22)21(27)23-19-9-5-6-14-12-26(30(2,28)29)11-10-15(14)19/h3-9,13H,10-12H2,1-2H3,(H,23,27). The molecule has 0 bridgehead atoms. The van der Waals surface area contributed by atoms with Crippen molar-refractivity contribution in [2.24, 2.45) is 7.05 Å². The number of nitrogens with one attached hydrogen (secondary N) is 1. The van der Waals surface area contributed by atoms with Crippen molar-refractivity contribution < 1.29 is 13.2 Å². The van der Waals surface area contributed by atoms with Crippen molar-refractivity contribution in [2.45, 2.75) is 13.0 Å². The van der Waals surface area contributed by atoms with Gasteiger partial charge in [-0.1, -0.05) is 41.9 Å². The summed E-state index contributed by atoms with van der Waals surface area (Å²) < 4.78 is 26.8. The zero-order chi connectivity index (χ0) is 21.5. The fourth-order valence-corrected chi connectivity index (χ4v) is 4.70. The molecule has 2 heterocycles. The smallest absolute Gasteiger partial charge is 0.259 e. The van der Waals surface area contributed by atoms with Gasteiger partial charge in [-0.3, -0.25) is 9.48 Å². The monoisotopic (exact) mass is 444 g/mol. The summed E-state index contributed by atoms with van der Waals surface area (Å²) in [5.74, 6) is -0.294. The second-order valence-electron chi connectivity index (χ2n) is 7.29. The van der Waals surface area contributed by atoms with Gasteiger partial charge in [0.2, 0.25) is 10.0 Å². The van der Waals surface area contributed by atoms with Gasteiger partial charge < -0.3 is 5.32 Å². The molecule has 2 aromatic carbocycles. The lowest BCUT2D eigenvalue weighted by atomic mass is 9.98. The highest BCUT2D eigenvalue weighted by molar-refractivity contribution is 7.88. The average Bonchev–Trinajstić information content (AvgIpc) is 3.09. The van der Waals surface area contributed by atoms with Crippen molar-refractivity contribution in [3.05, 3.63) is 70.4 Å². The van der Waals surface area contributed by atoms with Crippen LogP contribution in [-0.4, -0.2) is 41.2 Å². The van der Waals surface area contributed by atoms with Crippen LogP contribution in [0, 0.1) is 0 Å². The Hall–Kier alpha value is -2.68. The van der Waals surface area contributed by atoms with Gasteiger partial charge in [0.25, 0.3) is 5.91 Å². The van der Waals surface area contributed by atoms with Crippen LogP contribution >= 0.6 is 11.6 Å². The van der Waals surface area contributed by atoms with E-state index in [9.17, 15) is 13.2 Å². The minimum atomic E-state index is -3.26. The first kappa shape index (κ1) is 20.6. The van der Waals surface area contributed by atoms with E-state index in [0.29, 0.717) is 47.0 Å². The SMILES string of the molecule is Cn1cc(C(=O)Nc2cccc3c2CCN(S(C)(=O)=O)C3)c(-c2ccccc2Cl)n1. The first-order chi connectivity index (χ1) is 14.2. The fourth-order valence-electron chi connectivity index (χ4n) is 3.68. The highest BCUT2D eigenvalue weighted by atomic mass is 35.5. The van der Waals surface area contributed by atoms with Crippen molar-refractivity contribution in [1.82, 2.24) is 14.1 Å². The largest absolute Gasteiger partial charge is 0.322 e. The number of hydrogen-bond acceptors (Lipinski definition) is 4. The van der Waals surface area contributed by atoms with Crippen LogP contribution in [-0.2, 0) is 30.0 Å². The van der Waals surface area contributed by atoms with Crippen LogP contribution in [0.2, 0.25) is 5.02 Å². The summed E-state index contributed by atoms with van der Waals surface area (Å²) in [6, 6.07) is 12.8. The van der Waals surface area contributed by atoms with Crippen molar-refractivity contribution in [2.75, 3.05) is 18.1 Å². The molecule has 156 valence electrons. The molecule has 1 aliphatic rings. The summed E-state index contributed by atoms with van der Waals surface area (Å²) in [6.07, 6.45) is 3.40. The van der Waals surface area contributed by atoms with Crippen LogP contribution in [0.5, 0.6) is 0 Å². The second kappa shape index (κ2) is 7.86. The Balaban J connectivity index is 1.65. The molecular formula is C21H21ClN4O3S. The zero-order valence-corrected chi connectivity index (χ0v) is 18.2. The summed E-state index contributed by atoms with van der Waals surface area (Å²) in [6.45, 7) is 0.687. The van der Waals surface area contributed by atoms with Crippen molar-refractivity contribution in [3.63, 3.8) is 0 Å². The van der Waals surface area contributed by atoms with Crippen molar-refractivity contribution in [3.8, 4) is 11.3 Å². The van der Waals surface area contributed by atoms with E-state index in [1.165, 1.54) is 10.6 Å². The molecule has 1 N–H and O–H groups in total. The number of benzene rings is 2. The quantitative estimate of drug-likeness (QED) is 0.669. The van der Waals surface area contributed by atoms with Crippen LogP contribution in [0.1, 0.15) is 21.5 Å². The lowest BCUT2D eigenvalue weighted by Gasteiger charge is -2.28. The lowest BCUT2D eigenvalue weighted by Crippen LogP contribution is -2.35. The van der Waals surface area contributed by atoms with E-state index < -0.39 is 10.0 Å². The number of rotatable bonds is 4. The van der Waals surface area contributed by atoms with Gasteiger partial charge in [0.15, 0.2) is 0 Å². The predicted octanol–water partition coefficient (Wildman–Crippen LogP) is 3.31. The Morgan fingerprint density at radius 3 is 2.67 bits per heavy atom. The van der Waals surface area contributed by atoms with Gasteiger partial charge in [0, 0.05) is 37.6 Å². The first-order valence-electron chi connectivity index (χ1n) is 9.40. The van der Waals surface area contributed by atoms with Crippen molar-refractivity contribution in [1.29, 1.82) is 0 Å². The summed E-state index contributed by atoms with van der Waals surface area (Å²) in [5, 5.41) is 7.92. The van der Waals surface area contributed by atoms with Crippen LogP contribution in [0.3, 0.4) is 0 Å². The maximum Gasteiger partial charge on any atom is 0.259 e. The number of carbonyl (C=O) groups is 1. The number of halogens is 1. The van der Waals surface area contributed by atoms with Gasteiger partial charge >= 0.3 is 0 Å². The molecular weight excluding hydrogens is 424 g/mol. The summed E-state index contributed by atoms with van der Waals surface area (Å²) >= 11 is 6.32. The maximum absolute atomic E-state index is 13.1. The van der Waals surface area contributed by atoms with Crippen LogP contribution < -0.4 is 5.32 Å². The number of sulfonamides is 1. The normalized spacial score (nSPS) is 14.4. The maximum atomic E-state index is 13.1. The van der Waals surface area contributed by atoms with Gasteiger partial charge in [-0.15, -0.1) is 0 Å². The number of carbonyl (C=O) groups excluding carboxylic acids is 1. The van der Waals surface area contributed by atoms with E-state index in [0.717, 1.165) is 11.1 Å². The molecule has 3 aromatic rings. The first-order valence-corrected chi connectivity index (χ1v) is 11.6. The third-order valence-corrected chi connectivity index (χ3v) is 6.73. The van der Waals surface area contributed by atoms with E-state index in [4.69, 9.17) is 11.6 Å². The molecule has 0 fully saturated rings. The van der Waals surface area contributed by atoms with Crippen LogP contribution in [0.4, 0.5) is 5.69 Å². The molecule has 0 spiro atoms. The number of nitrogens with zero attached hydrogens (tertiary/aromatic N) is 3. The fraction of sp³-hybridized carbons (Fsp3) is 0.238. The average molecular weight is 445 g/mol. The number of aryl methyl sites for hydroxylation is 1. The Labute approximate surface area is 180 Å². The number of hydrogen-bond donors (Lipinski definition) is 1. The summed E-state index contributed by atoms with van der Waals surface area (Å²) in [7, 11) is -1.51. The third kappa shape index (κ3) is 3.98. The van der Waals surface area contributed by atoms with E-state index in [2.05, 4.69) is 10.4 Å². The molecule has 4 rings (SSSR count). The number of amides is 1. The molecule has 1 aromatic heterocycles. The molecule has 1 amide bonds. The topological polar surface area (TPSA) is 84.3 Å². The van der Waals surface area contributed by atoms with Gasteiger partial charge in [-0.25, -0.2) is 8.42 Å². The lowest BCUT2D eigenvalue weighted by molar-refractivity contribution is 0.102. The van der Waals surface area contributed by atoms with Gasteiger partial charge in [-0.05, 0) is 29.7 Å². The van der Waals surface area contributed by atoms with Crippen LogP contribution in [0.25, 0.3) is 11.3 Å². The molecule has 9 heteroatoms. The van der Waals surface area contributed by atoms with E-state index in [1.807, 2.05) is 36.4 Å². The molecule has 1 aliphatic heterocycles. The Kier molecular flexibility index (Phi) is 5.40. The van der Waals surface area contributed by atoms with E-state index in [-0.39, 0.29) is 5.91 Å². The number of aromatic nitrogens is 2. The Bertz CT molecular complexity index is 1240. The van der Waals surface area contributed by atoms with Gasteiger partial charge in [0.05, 0.1) is 16.8 Å². The number of fused-ring (bicyclic) bond motifs is 1. The molecule has 0 saturated carbocycles. The molecule has 0 unspecified atom stereocenters. The third-order valence-electron chi connectivity index (χ3n) is 5.15. The molecule has 30 heavy (non-hydrogen) atoms. The molecule has 0 saturated heterocycles. The summed E-state index contributed by atoms with van der Waals surface area (Å²) in [4.78, 5) is 13.1. The van der Waals surface area contributed by atoms with E-state index >= 15 is 0 Å². The van der Waals surface area contributed by atoms with Gasteiger partial charge in [0.1, 0.15) is 5.69 Å². The minimum Gasteiger partial charge on any atom is -0.322 e. The minimum absolute atomic E-state index is 0.294. The highest BCUT2D eigenvalue weighted by Crippen LogP contribution is 2.31. The Morgan fingerprint density at radius 2 is 1.93 bits per heavy atom. The number of anilines is 1. The summed E-state index contributed by atoms with van der Waals surface area (Å²) in [5.41, 5.74) is 4.13. The molecule has 0 aliphatic carbocycles. The predicted molar refractivity (Wildman–Crippen MR) is 117 cm³/mol. The highest BCUT2D eigenvalue weighted by Gasteiger charge is 2.26. The zero-order valence-electron chi connectivity index (χ0n) is 16.6. The van der Waals surface area contributed by atoms with Crippen LogP contribution in [0.15, 0.2) is 48.7 Å². The molecule has 0 atom stereocenters. The molecule has 0 radical (unpaired) electrons. The van der Waals surface area contributed by atoms with Crippen molar-refractivity contribution >= 4 is 33.2 Å². The second-order valence-corrected chi connectivity index (χ2v) is 9.68.